The number of nitrogens with zero attached hydrogens (tertiary/aromatic N) is 2. The Balaban J connectivity index is 1.55. The Morgan fingerprint density at radius 1 is 0.720 bits per heavy atom. The van der Waals surface area contributed by atoms with Crippen molar-refractivity contribution in [3.63, 3.8) is 0 Å². The molecule has 1 atom stereocenters. The van der Waals surface area contributed by atoms with Crippen molar-refractivity contribution in [3.8, 4) is 11.5 Å². The molecule has 0 radical (unpaired) electrons. The van der Waals surface area contributed by atoms with Gasteiger partial charge < -0.3 is 15.0 Å². The van der Waals surface area contributed by atoms with Crippen LogP contribution in [-0.2, 0) is 32.6 Å². The number of nitrogens with one attached hydrogen (secondary N) is 1. The molecule has 1 N–H and O–H groups in total. The molecule has 0 saturated heterocycles. The van der Waals surface area contributed by atoms with E-state index in [0.717, 1.165) is 21.0 Å². The lowest BCUT2D eigenvalue weighted by atomic mass is 10.0. The van der Waals surface area contributed by atoms with E-state index < -0.39 is 28.5 Å². The third kappa shape index (κ3) is 9.39. The zero-order valence-electron chi connectivity index (χ0n) is 28.6. The number of benzene rings is 5. The van der Waals surface area contributed by atoms with E-state index in [1.807, 2.05) is 106 Å². The van der Waals surface area contributed by atoms with Gasteiger partial charge in [-0.15, -0.1) is 0 Å². The zero-order valence-corrected chi connectivity index (χ0v) is 29.4. The standard InChI is InChI=1S/C41H43N3O5S/c1-31(2)28-42-41(46)39(27-33-16-7-4-8-17-33)43(29-34-18-14-13-15-32(34)3)40(45)30-44(50(47,48)38-21-11-6-12-22-38)35-23-25-37(26-24-35)49-36-19-9-5-10-20-36/h4-26,31,39H,27-30H2,1-3H3,(H,42,46)/t39-/m0/s1. The quantitative estimate of drug-likeness (QED) is 0.124. The summed E-state index contributed by atoms with van der Waals surface area (Å²) >= 11 is 0. The van der Waals surface area contributed by atoms with Crippen LogP contribution in [0, 0.1) is 12.8 Å². The molecule has 2 amide bonds. The molecule has 0 aromatic heterocycles. The molecule has 0 unspecified atom stereocenters. The maximum absolute atomic E-state index is 14.7. The highest BCUT2D eigenvalue weighted by Gasteiger charge is 2.35. The number of rotatable bonds is 15. The normalized spacial score (nSPS) is 11.8. The van der Waals surface area contributed by atoms with Crippen LogP contribution in [0.1, 0.15) is 30.5 Å². The minimum atomic E-state index is -4.22. The lowest BCUT2D eigenvalue weighted by molar-refractivity contribution is -0.140. The van der Waals surface area contributed by atoms with Gasteiger partial charge in [-0.05, 0) is 78.1 Å². The number of sulfonamides is 1. The average molecular weight is 690 g/mol. The van der Waals surface area contributed by atoms with Gasteiger partial charge in [-0.25, -0.2) is 8.42 Å². The SMILES string of the molecule is Cc1ccccc1CN(C(=O)CN(c1ccc(Oc2ccccc2)cc1)S(=O)(=O)c1ccccc1)[C@@H](Cc1ccccc1)C(=O)NCC(C)C. The topological polar surface area (TPSA) is 96.0 Å². The fourth-order valence-corrected chi connectivity index (χ4v) is 6.94. The van der Waals surface area contributed by atoms with Crippen molar-refractivity contribution in [3.05, 3.63) is 156 Å². The number of amides is 2. The summed E-state index contributed by atoms with van der Waals surface area (Å²) in [6.45, 7) is 5.97. The highest BCUT2D eigenvalue weighted by Crippen LogP contribution is 2.29. The van der Waals surface area contributed by atoms with Gasteiger partial charge in [0.05, 0.1) is 10.6 Å². The molecule has 9 heteroatoms. The second-order valence-corrected chi connectivity index (χ2v) is 14.4. The van der Waals surface area contributed by atoms with Gasteiger partial charge in [0.25, 0.3) is 10.0 Å². The molecule has 0 aliphatic rings. The Morgan fingerprint density at radius 2 is 1.28 bits per heavy atom. The summed E-state index contributed by atoms with van der Waals surface area (Å²) < 4.78 is 35.6. The van der Waals surface area contributed by atoms with Crippen LogP contribution in [-0.4, -0.2) is 44.3 Å². The van der Waals surface area contributed by atoms with E-state index in [0.29, 0.717) is 18.0 Å². The second-order valence-electron chi connectivity index (χ2n) is 12.5. The molecule has 0 saturated carbocycles. The fourth-order valence-electron chi connectivity index (χ4n) is 5.50. The number of para-hydroxylation sites is 1. The Bertz CT molecular complexity index is 1950. The molecule has 0 bridgehead atoms. The maximum Gasteiger partial charge on any atom is 0.264 e. The molecule has 0 fully saturated rings. The summed E-state index contributed by atoms with van der Waals surface area (Å²) in [4.78, 5) is 30.3. The molecule has 50 heavy (non-hydrogen) atoms. The van der Waals surface area contributed by atoms with E-state index in [-0.39, 0.29) is 35.4 Å². The van der Waals surface area contributed by atoms with Crippen molar-refractivity contribution in [2.45, 2.75) is 44.7 Å². The van der Waals surface area contributed by atoms with Crippen LogP contribution in [0.25, 0.3) is 0 Å². The van der Waals surface area contributed by atoms with Crippen LogP contribution in [0.15, 0.2) is 144 Å². The average Bonchev–Trinajstić information content (AvgIpc) is 3.13. The number of carbonyl (C=O) groups excluding carboxylic acids is 2. The van der Waals surface area contributed by atoms with Gasteiger partial charge in [0.2, 0.25) is 11.8 Å². The molecule has 5 rings (SSSR count). The van der Waals surface area contributed by atoms with Crippen molar-refractivity contribution < 1.29 is 22.7 Å². The lowest BCUT2D eigenvalue weighted by Gasteiger charge is -2.34. The van der Waals surface area contributed by atoms with Gasteiger partial charge in [-0.3, -0.25) is 13.9 Å². The minimum absolute atomic E-state index is 0.0402. The molecule has 0 spiro atoms. The lowest BCUT2D eigenvalue weighted by Crippen LogP contribution is -2.53. The van der Waals surface area contributed by atoms with E-state index in [1.54, 1.807) is 42.5 Å². The molecule has 8 nitrogen and oxygen atoms in total. The van der Waals surface area contributed by atoms with E-state index in [9.17, 15) is 18.0 Å². The highest BCUT2D eigenvalue weighted by molar-refractivity contribution is 7.92. The summed E-state index contributed by atoms with van der Waals surface area (Å²) in [5, 5.41) is 3.03. The predicted octanol–water partition coefficient (Wildman–Crippen LogP) is 7.39. The Labute approximate surface area is 295 Å². The Kier molecular flexibility index (Phi) is 12.1. The monoisotopic (exact) mass is 689 g/mol. The minimum Gasteiger partial charge on any atom is -0.457 e. The number of anilines is 1. The number of carbonyl (C=O) groups is 2. The first-order valence-electron chi connectivity index (χ1n) is 16.7. The largest absolute Gasteiger partial charge is 0.457 e. The third-order valence-corrected chi connectivity index (χ3v) is 10.1. The maximum atomic E-state index is 14.7. The first-order chi connectivity index (χ1) is 24.1. The predicted molar refractivity (Wildman–Crippen MR) is 197 cm³/mol. The second kappa shape index (κ2) is 16.8. The van der Waals surface area contributed by atoms with E-state index in [1.165, 1.54) is 17.0 Å². The zero-order chi connectivity index (χ0) is 35.5. The van der Waals surface area contributed by atoms with Gasteiger partial charge in [0.1, 0.15) is 24.1 Å². The van der Waals surface area contributed by atoms with Crippen molar-refractivity contribution in [1.29, 1.82) is 0 Å². The molecular weight excluding hydrogens is 647 g/mol. The number of hydrogen-bond donors (Lipinski definition) is 1. The van der Waals surface area contributed by atoms with Crippen molar-refractivity contribution in [2.75, 3.05) is 17.4 Å². The smallest absolute Gasteiger partial charge is 0.264 e. The molecule has 5 aromatic carbocycles. The van der Waals surface area contributed by atoms with E-state index in [2.05, 4.69) is 5.32 Å². The van der Waals surface area contributed by atoms with Gasteiger partial charge in [0.15, 0.2) is 0 Å². The van der Waals surface area contributed by atoms with Crippen molar-refractivity contribution >= 4 is 27.5 Å². The molecule has 0 aliphatic heterocycles. The van der Waals surface area contributed by atoms with Crippen LogP contribution in [0.5, 0.6) is 11.5 Å². The van der Waals surface area contributed by atoms with E-state index >= 15 is 0 Å². The summed E-state index contributed by atoms with van der Waals surface area (Å²) in [6, 6.07) is 40.2. The third-order valence-electron chi connectivity index (χ3n) is 8.27. The Morgan fingerprint density at radius 3 is 1.90 bits per heavy atom. The van der Waals surface area contributed by atoms with Crippen LogP contribution >= 0.6 is 0 Å². The molecule has 258 valence electrons. The molecule has 0 aliphatic carbocycles. The summed E-state index contributed by atoms with van der Waals surface area (Å²) in [5.74, 6) is 0.519. The van der Waals surface area contributed by atoms with Crippen molar-refractivity contribution in [2.24, 2.45) is 5.92 Å². The van der Waals surface area contributed by atoms with Gasteiger partial charge in [0, 0.05) is 19.5 Å². The van der Waals surface area contributed by atoms with Crippen LogP contribution in [0.3, 0.4) is 0 Å². The summed E-state index contributed by atoms with van der Waals surface area (Å²) in [6.07, 6.45) is 0.249. The first kappa shape index (κ1) is 35.9. The van der Waals surface area contributed by atoms with Crippen LogP contribution in [0.2, 0.25) is 0 Å². The highest BCUT2D eigenvalue weighted by atomic mass is 32.2. The van der Waals surface area contributed by atoms with Gasteiger partial charge >= 0.3 is 0 Å². The molecular formula is C41H43N3O5S. The summed E-state index contributed by atoms with van der Waals surface area (Å²) in [7, 11) is -4.22. The molecule has 0 heterocycles. The number of hydrogen-bond acceptors (Lipinski definition) is 5. The fraction of sp³-hybridized carbons (Fsp3) is 0.220. The molecule has 5 aromatic rings. The number of ether oxygens (including phenoxy) is 1. The van der Waals surface area contributed by atoms with Crippen LogP contribution < -0.4 is 14.4 Å². The van der Waals surface area contributed by atoms with E-state index in [4.69, 9.17) is 4.74 Å². The summed E-state index contributed by atoms with van der Waals surface area (Å²) in [5.41, 5.74) is 2.97. The van der Waals surface area contributed by atoms with Gasteiger partial charge in [-0.2, -0.15) is 0 Å². The Hall–Kier alpha value is -5.41. The first-order valence-corrected chi connectivity index (χ1v) is 18.1. The number of aryl methyl sites for hydroxylation is 1. The van der Waals surface area contributed by atoms with Gasteiger partial charge in [-0.1, -0.05) is 105 Å². The van der Waals surface area contributed by atoms with Crippen molar-refractivity contribution in [1.82, 2.24) is 10.2 Å². The van der Waals surface area contributed by atoms with Crippen LogP contribution in [0.4, 0.5) is 5.69 Å².